The number of anilines is 1. The molecule has 0 fully saturated rings. The Morgan fingerprint density at radius 1 is 1.24 bits per heavy atom. The van der Waals surface area contributed by atoms with Crippen molar-refractivity contribution in [1.82, 2.24) is 4.98 Å². The molecule has 0 amide bonds. The molecule has 0 atom stereocenters. The number of carboxylic acid groups (broad SMARTS) is 1. The second kappa shape index (κ2) is 5.60. The standard InChI is InChI=1S/C13H9N3O4S/c14-8-9-1-3-11(4-2-9)21(19,20)16-10-5-6-15-12(7-10)13(17)18/h1-7H,(H,15,16)(H,17,18). The van der Waals surface area contributed by atoms with Crippen molar-refractivity contribution in [3.05, 3.63) is 53.9 Å². The zero-order valence-electron chi connectivity index (χ0n) is 10.5. The predicted molar refractivity (Wildman–Crippen MR) is 73.2 cm³/mol. The lowest BCUT2D eigenvalue weighted by Gasteiger charge is -2.08. The molecule has 1 heterocycles. The van der Waals surface area contributed by atoms with Crippen molar-refractivity contribution in [1.29, 1.82) is 5.26 Å². The molecule has 0 bridgehead atoms. The van der Waals surface area contributed by atoms with E-state index in [0.717, 1.165) is 6.07 Å². The fourth-order valence-electron chi connectivity index (χ4n) is 1.53. The number of benzene rings is 1. The summed E-state index contributed by atoms with van der Waals surface area (Å²) in [4.78, 5) is 14.4. The molecule has 2 N–H and O–H groups in total. The fraction of sp³-hybridized carbons (Fsp3) is 0. The monoisotopic (exact) mass is 303 g/mol. The van der Waals surface area contributed by atoms with Crippen molar-refractivity contribution in [3.8, 4) is 6.07 Å². The number of nitrogens with zero attached hydrogens (tertiary/aromatic N) is 2. The van der Waals surface area contributed by atoms with Crippen LogP contribution in [-0.2, 0) is 10.0 Å². The van der Waals surface area contributed by atoms with Gasteiger partial charge in [-0.2, -0.15) is 5.26 Å². The van der Waals surface area contributed by atoms with Crippen LogP contribution in [0.1, 0.15) is 16.1 Å². The van der Waals surface area contributed by atoms with Crippen molar-refractivity contribution in [3.63, 3.8) is 0 Å². The number of aromatic carboxylic acids is 1. The molecule has 2 rings (SSSR count). The molecule has 0 saturated carbocycles. The Morgan fingerprint density at radius 3 is 2.48 bits per heavy atom. The largest absolute Gasteiger partial charge is 0.477 e. The topological polar surface area (TPSA) is 120 Å². The predicted octanol–water partition coefficient (Wildman–Crippen LogP) is 1.45. The van der Waals surface area contributed by atoms with E-state index in [0.29, 0.717) is 5.56 Å². The van der Waals surface area contributed by atoms with Gasteiger partial charge in [-0.25, -0.2) is 18.2 Å². The number of carboxylic acids is 1. The van der Waals surface area contributed by atoms with E-state index in [9.17, 15) is 13.2 Å². The molecule has 7 nitrogen and oxygen atoms in total. The highest BCUT2D eigenvalue weighted by Crippen LogP contribution is 2.16. The van der Waals surface area contributed by atoms with Crippen LogP contribution in [0, 0.1) is 11.3 Å². The van der Waals surface area contributed by atoms with Crippen LogP contribution in [-0.4, -0.2) is 24.5 Å². The first-order valence-corrected chi connectivity index (χ1v) is 7.13. The third-order valence-electron chi connectivity index (χ3n) is 2.52. The number of hydrogen-bond acceptors (Lipinski definition) is 5. The molecule has 0 unspecified atom stereocenters. The van der Waals surface area contributed by atoms with Gasteiger partial charge in [0.1, 0.15) is 5.69 Å². The molecule has 0 saturated heterocycles. The Bertz CT molecular complexity index is 823. The summed E-state index contributed by atoms with van der Waals surface area (Å²) in [6.45, 7) is 0. The highest BCUT2D eigenvalue weighted by Gasteiger charge is 2.15. The molecule has 0 aliphatic rings. The van der Waals surface area contributed by atoms with Gasteiger partial charge in [0.15, 0.2) is 0 Å². The highest BCUT2D eigenvalue weighted by atomic mass is 32.2. The number of aromatic nitrogens is 1. The lowest BCUT2D eigenvalue weighted by Crippen LogP contribution is -2.13. The first-order chi connectivity index (χ1) is 9.92. The van der Waals surface area contributed by atoms with E-state index < -0.39 is 16.0 Å². The summed E-state index contributed by atoms with van der Waals surface area (Å²) in [5, 5.41) is 17.5. The quantitative estimate of drug-likeness (QED) is 0.882. The van der Waals surface area contributed by atoms with E-state index in [4.69, 9.17) is 10.4 Å². The second-order valence-corrected chi connectivity index (χ2v) is 5.66. The normalized spacial score (nSPS) is 10.6. The van der Waals surface area contributed by atoms with Crippen LogP contribution in [0.5, 0.6) is 0 Å². The Hall–Kier alpha value is -2.92. The number of hydrogen-bond donors (Lipinski definition) is 2. The van der Waals surface area contributed by atoms with Crippen LogP contribution in [0.2, 0.25) is 0 Å². The number of pyridine rings is 1. The Kier molecular flexibility index (Phi) is 3.86. The maximum absolute atomic E-state index is 12.1. The van der Waals surface area contributed by atoms with E-state index in [1.54, 1.807) is 0 Å². The lowest BCUT2D eigenvalue weighted by atomic mass is 10.2. The van der Waals surface area contributed by atoms with Gasteiger partial charge in [0.05, 0.1) is 22.2 Å². The molecule has 0 spiro atoms. The zero-order valence-corrected chi connectivity index (χ0v) is 11.3. The van der Waals surface area contributed by atoms with Crippen molar-refractivity contribution >= 4 is 21.7 Å². The summed E-state index contributed by atoms with van der Waals surface area (Å²) >= 11 is 0. The van der Waals surface area contributed by atoms with Crippen LogP contribution in [0.3, 0.4) is 0 Å². The first-order valence-electron chi connectivity index (χ1n) is 5.65. The summed E-state index contributed by atoms with van der Waals surface area (Å²) in [6.07, 6.45) is 1.19. The average molecular weight is 303 g/mol. The SMILES string of the molecule is N#Cc1ccc(S(=O)(=O)Nc2ccnc(C(=O)O)c2)cc1. The molecule has 0 radical (unpaired) electrons. The summed E-state index contributed by atoms with van der Waals surface area (Å²) < 4.78 is 26.5. The molecule has 2 aromatic rings. The molecular weight excluding hydrogens is 294 g/mol. The van der Waals surface area contributed by atoms with Crippen LogP contribution < -0.4 is 4.72 Å². The van der Waals surface area contributed by atoms with Gasteiger partial charge in [0, 0.05) is 6.20 Å². The maximum atomic E-state index is 12.1. The van der Waals surface area contributed by atoms with E-state index in [1.807, 2.05) is 6.07 Å². The van der Waals surface area contributed by atoms with Crippen molar-refractivity contribution in [2.75, 3.05) is 4.72 Å². The molecule has 1 aromatic heterocycles. The average Bonchev–Trinajstić information content (AvgIpc) is 2.47. The third-order valence-corrected chi connectivity index (χ3v) is 3.92. The van der Waals surface area contributed by atoms with E-state index in [2.05, 4.69) is 9.71 Å². The molecular formula is C13H9N3O4S. The number of rotatable bonds is 4. The van der Waals surface area contributed by atoms with Crippen LogP contribution >= 0.6 is 0 Å². The van der Waals surface area contributed by atoms with Crippen LogP contribution in [0.15, 0.2) is 47.5 Å². The van der Waals surface area contributed by atoms with Gasteiger partial charge < -0.3 is 5.11 Å². The van der Waals surface area contributed by atoms with Crippen molar-refractivity contribution in [2.24, 2.45) is 0 Å². The summed E-state index contributed by atoms with van der Waals surface area (Å²) in [7, 11) is -3.86. The van der Waals surface area contributed by atoms with Gasteiger partial charge in [-0.3, -0.25) is 4.72 Å². The Balaban J connectivity index is 2.30. The van der Waals surface area contributed by atoms with Crippen molar-refractivity contribution < 1.29 is 18.3 Å². The van der Waals surface area contributed by atoms with E-state index in [1.165, 1.54) is 36.5 Å². The van der Waals surface area contributed by atoms with E-state index in [-0.39, 0.29) is 16.3 Å². The Labute approximate surface area is 120 Å². The molecule has 106 valence electrons. The summed E-state index contributed by atoms with van der Waals surface area (Å²) in [6, 6.07) is 9.68. The number of carbonyl (C=O) groups is 1. The number of sulfonamides is 1. The minimum absolute atomic E-state index is 0.0322. The second-order valence-electron chi connectivity index (χ2n) is 3.98. The third kappa shape index (κ3) is 3.34. The van der Waals surface area contributed by atoms with Gasteiger partial charge in [-0.1, -0.05) is 0 Å². The maximum Gasteiger partial charge on any atom is 0.354 e. The fourth-order valence-corrected chi connectivity index (χ4v) is 2.58. The molecule has 21 heavy (non-hydrogen) atoms. The Morgan fingerprint density at radius 2 is 1.90 bits per heavy atom. The van der Waals surface area contributed by atoms with Gasteiger partial charge in [-0.05, 0) is 36.4 Å². The molecule has 1 aromatic carbocycles. The van der Waals surface area contributed by atoms with Gasteiger partial charge in [0.25, 0.3) is 10.0 Å². The summed E-state index contributed by atoms with van der Waals surface area (Å²) in [5.74, 6) is -1.26. The van der Waals surface area contributed by atoms with Gasteiger partial charge >= 0.3 is 5.97 Å². The van der Waals surface area contributed by atoms with Crippen LogP contribution in [0.25, 0.3) is 0 Å². The van der Waals surface area contributed by atoms with Crippen LogP contribution in [0.4, 0.5) is 5.69 Å². The molecule has 0 aliphatic carbocycles. The summed E-state index contributed by atoms with van der Waals surface area (Å²) in [5.41, 5.74) is 0.160. The van der Waals surface area contributed by atoms with Gasteiger partial charge in [0.2, 0.25) is 0 Å². The number of nitrogens with one attached hydrogen (secondary N) is 1. The molecule has 0 aliphatic heterocycles. The van der Waals surface area contributed by atoms with Crippen molar-refractivity contribution in [2.45, 2.75) is 4.90 Å². The first kappa shape index (κ1) is 14.5. The smallest absolute Gasteiger partial charge is 0.354 e. The minimum atomic E-state index is -3.86. The number of nitriles is 1. The lowest BCUT2D eigenvalue weighted by molar-refractivity contribution is 0.0690. The van der Waals surface area contributed by atoms with Gasteiger partial charge in [-0.15, -0.1) is 0 Å². The highest BCUT2D eigenvalue weighted by molar-refractivity contribution is 7.92. The minimum Gasteiger partial charge on any atom is -0.477 e. The van der Waals surface area contributed by atoms with E-state index >= 15 is 0 Å². The molecule has 8 heteroatoms. The zero-order chi connectivity index (χ0) is 15.5.